The lowest BCUT2D eigenvalue weighted by Gasteiger charge is -2.06. The van der Waals surface area contributed by atoms with E-state index in [0.717, 1.165) is 5.56 Å². The number of hydrogen-bond donors (Lipinski definition) is 1. The lowest BCUT2D eigenvalue weighted by Crippen LogP contribution is -2.18. The summed E-state index contributed by atoms with van der Waals surface area (Å²) in [4.78, 5) is 0.102. The van der Waals surface area contributed by atoms with Gasteiger partial charge < -0.3 is 5.11 Å². The Morgan fingerprint density at radius 1 is 1.25 bits per heavy atom. The van der Waals surface area contributed by atoms with Gasteiger partial charge in [0.1, 0.15) is 11.2 Å². The van der Waals surface area contributed by atoms with Gasteiger partial charge in [-0.3, -0.25) is 0 Å². The van der Waals surface area contributed by atoms with Crippen LogP contribution in [0.5, 0.6) is 0 Å². The van der Waals surface area contributed by atoms with E-state index >= 15 is 0 Å². The minimum absolute atomic E-state index is 0.102. The molecule has 24 heavy (non-hydrogen) atoms. The Labute approximate surface area is 140 Å². The molecule has 4 nitrogen and oxygen atoms in total. The first-order chi connectivity index (χ1) is 11.4. The van der Waals surface area contributed by atoms with Gasteiger partial charge in [0.25, 0.3) is 0 Å². The van der Waals surface area contributed by atoms with E-state index in [9.17, 15) is 23.2 Å². The Hall–Kier alpha value is -2.23. The average Bonchev–Trinajstić information content (AvgIpc) is 3.26. The summed E-state index contributed by atoms with van der Waals surface area (Å²) in [5.74, 6) is -1.26. The third kappa shape index (κ3) is 2.41. The van der Waals surface area contributed by atoms with Crippen molar-refractivity contribution in [2.24, 2.45) is 5.41 Å². The number of benzene rings is 2. The molecule has 0 saturated heterocycles. The molecule has 1 saturated carbocycles. The van der Waals surface area contributed by atoms with Crippen molar-refractivity contribution in [3.8, 4) is 6.07 Å². The molecule has 0 aliphatic heterocycles. The fourth-order valence-electron chi connectivity index (χ4n) is 3.26. The van der Waals surface area contributed by atoms with Crippen LogP contribution in [-0.4, -0.2) is 25.4 Å². The van der Waals surface area contributed by atoms with Crippen molar-refractivity contribution in [3.63, 3.8) is 0 Å². The van der Waals surface area contributed by atoms with Gasteiger partial charge in [0.2, 0.25) is 0 Å². The largest absolute Gasteiger partial charge is 0.395 e. The summed E-state index contributed by atoms with van der Waals surface area (Å²) in [5.41, 5.74) is -0.122. The normalized spacial score (nSPS) is 25.9. The maximum absolute atomic E-state index is 13.5. The second-order valence-corrected chi connectivity index (χ2v) is 8.19. The third-order valence-electron chi connectivity index (χ3n) is 4.62. The molecule has 0 bridgehead atoms. The second-order valence-electron chi connectivity index (χ2n) is 6.12. The molecule has 2 aromatic rings. The van der Waals surface area contributed by atoms with E-state index in [1.807, 2.05) is 13.0 Å². The molecule has 3 atom stereocenters. The van der Waals surface area contributed by atoms with Crippen molar-refractivity contribution < 1.29 is 17.9 Å². The molecule has 3 rings (SSSR count). The first-order valence-corrected chi connectivity index (χ1v) is 8.99. The van der Waals surface area contributed by atoms with Gasteiger partial charge in [-0.25, -0.2) is 12.8 Å². The van der Waals surface area contributed by atoms with Crippen molar-refractivity contribution in [2.75, 3.05) is 6.61 Å². The molecule has 1 aliphatic carbocycles. The summed E-state index contributed by atoms with van der Waals surface area (Å²) >= 11 is 0. The van der Waals surface area contributed by atoms with Crippen LogP contribution in [0.4, 0.5) is 4.39 Å². The monoisotopic (exact) mass is 345 g/mol. The molecule has 1 aliphatic rings. The predicted molar refractivity (Wildman–Crippen MR) is 86.4 cm³/mol. The molecule has 0 heterocycles. The number of halogens is 1. The number of sulfone groups is 1. The van der Waals surface area contributed by atoms with Gasteiger partial charge in [0, 0.05) is 5.92 Å². The number of aryl methyl sites for hydroxylation is 1. The summed E-state index contributed by atoms with van der Waals surface area (Å²) in [6, 6.07) is 13.8. The standard InChI is InChI=1S/C18H16FNO3S/c1-12-5-7-15(8-6-12)24(22,23)17-16(18(17,10-20)11-21)13-3-2-4-14(19)9-13/h2-9,16-17,21H,11H2,1H3. The van der Waals surface area contributed by atoms with Crippen molar-refractivity contribution in [2.45, 2.75) is 23.0 Å². The molecule has 3 unspecified atom stereocenters. The van der Waals surface area contributed by atoms with Gasteiger partial charge in [-0.1, -0.05) is 29.8 Å². The number of hydrogen-bond acceptors (Lipinski definition) is 4. The first kappa shape index (κ1) is 16.6. The highest BCUT2D eigenvalue weighted by Gasteiger charge is 2.72. The smallest absolute Gasteiger partial charge is 0.183 e. The average molecular weight is 345 g/mol. The van der Waals surface area contributed by atoms with E-state index in [0.29, 0.717) is 5.56 Å². The Balaban J connectivity index is 2.08. The van der Waals surface area contributed by atoms with Crippen LogP contribution in [0.25, 0.3) is 0 Å². The number of aliphatic hydroxyl groups is 1. The Kier molecular flexibility index (Phi) is 3.94. The van der Waals surface area contributed by atoms with Crippen LogP contribution >= 0.6 is 0 Å². The van der Waals surface area contributed by atoms with Gasteiger partial charge >= 0.3 is 0 Å². The number of nitriles is 1. The highest BCUT2D eigenvalue weighted by atomic mass is 32.2. The van der Waals surface area contributed by atoms with Crippen LogP contribution in [0.3, 0.4) is 0 Å². The van der Waals surface area contributed by atoms with E-state index in [4.69, 9.17) is 0 Å². The lowest BCUT2D eigenvalue weighted by molar-refractivity contribution is 0.242. The maximum atomic E-state index is 13.5. The molecule has 0 amide bonds. The minimum atomic E-state index is -3.83. The van der Waals surface area contributed by atoms with Gasteiger partial charge in [-0.05, 0) is 36.8 Å². The van der Waals surface area contributed by atoms with Crippen LogP contribution in [0.15, 0.2) is 53.4 Å². The highest BCUT2D eigenvalue weighted by Crippen LogP contribution is 2.63. The molecule has 0 aromatic heterocycles. The van der Waals surface area contributed by atoms with Crippen molar-refractivity contribution in [1.82, 2.24) is 0 Å². The molecule has 0 spiro atoms. The SMILES string of the molecule is Cc1ccc(S(=O)(=O)C2C(c3cccc(F)c3)C2(C#N)CO)cc1. The zero-order valence-corrected chi connectivity index (χ0v) is 13.8. The van der Waals surface area contributed by atoms with E-state index in [-0.39, 0.29) is 4.90 Å². The molecule has 1 N–H and O–H groups in total. The van der Waals surface area contributed by atoms with Gasteiger partial charge in [0.05, 0.1) is 22.8 Å². The Morgan fingerprint density at radius 3 is 2.46 bits per heavy atom. The Bertz CT molecular complexity index is 918. The van der Waals surface area contributed by atoms with Crippen LogP contribution in [-0.2, 0) is 9.84 Å². The highest BCUT2D eigenvalue weighted by molar-refractivity contribution is 7.92. The number of nitrogens with zero attached hydrogens (tertiary/aromatic N) is 1. The predicted octanol–water partition coefficient (Wildman–Crippen LogP) is 2.58. The molecule has 6 heteroatoms. The van der Waals surface area contributed by atoms with Crippen LogP contribution < -0.4 is 0 Å². The van der Waals surface area contributed by atoms with Gasteiger partial charge in [0.15, 0.2) is 9.84 Å². The molecule has 124 valence electrons. The summed E-state index contributed by atoms with van der Waals surface area (Å²) in [5, 5.41) is 18.1. The number of rotatable bonds is 4. The van der Waals surface area contributed by atoms with Crippen LogP contribution in [0.1, 0.15) is 17.0 Å². The third-order valence-corrected chi connectivity index (χ3v) is 6.91. The number of aliphatic hydroxyl groups excluding tert-OH is 1. The summed E-state index contributed by atoms with van der Waals surface area (Å²) in [6.07, 6.45) is 0. The van der Waals surface area contributed by atoms with E-state index < -0.39 is 38.8 Å². The van der Waals surface area contributed by atoms with Crippen molar-refractivity contribution in [3.05, 3.63) is 65.5 Å². The molecule has 1 fully saturated rings. The Morgan fingerprint density at radius 2 is 1.92 bits per heavy atom. The van der Waals surface area contributed by atoms with Crippen LogP contribution in [0, 0.1) is 29.5 Å². The van der Waals surface area contributed by atoms with E-state index in [1.165, 1.54) is 30.3 Å². The molecular formula is C18H16FNO3S. The van der Waals surface area contributed by atoms with Crippen molar-refractivity contribution >= 4 is 9.84 Å². The molecular weight excluding hydrogens is 329 g/mol. The van der Waals surface area contributed by atoms with E-state index in [2.05, 4.69) is 0 Å². The molecule has 2 aromatic carbocycles. The van der Waals surface area contributed by atoms with Crippen LogP contribution in [0.2, 0.25) is 0 Å². The minimum Gasteiger partial charge on any atom is -0.395 e. The summed E-state index contributed by atoms with van der Waals surface area (Å²) in [6.45, 7) is 1.25. The van der Waals surface area contributed by atoms with Crippen molar-refractivity contribution in [1.29, 1.82) is 5.26 Å². The summed E-state index contributed by atoms with van der Waals surface area (Å²) in [7, 11) is -3.83. The maximum Gasteiger partial charge on any atom is 0.183 e. The van der Waals surface area contributed by atoms with E-state index in [1.54, 1.807) is 18.2 Å². The van der Waals surface area contributed by atoms with Gasteiger partial charge in [-0.2, -0.15) is 5.26 Å². The second kappa shape index (κ2) is 5.69. The first-order valence-electron chi connectivity index (χ1n) is 7.45. The fraction of sp³-hybridized carbons (Fsp3) is 0.278. The zero-order chi connectivity index (χ0) is 17.5. The summed E-state index contributed by atoms with van der Waals surface area (Å²) < 4.78 is 39.4. The topological polar surface area (TPSA) is 78.2 Å². The molecule has 0 radical (unpaired) electrons. The van der Waals surface area contributed by atoms with Gasteiger partial charge in [-0.15, -0.1) is 0 Å². The quantitative estimate of drug-likeness (QED) is 0.924. The zero-order valence-electron chi connectivity index (χ0n) is 13.0. The lowest BCUT2D eigenvalue weighted by atomic mass is 10.0. The fourth-order valence-corrected chi connectivity index (χ4v) is 5.58.